The molecule has 0 bridgehead atoms. The molecular formula is C21H18S5. The van der Waals surface area contributed by atoms with E-state index >= 15 is 0 Å². The van der Waals surface area contributed by atoms with Gasteiger partial charge in [-0.25, -0.2) is 0 Å². The Kier molecular flexibility index (Phi) is 5.53. The fourth-order valence-corrected chi connectivity index (χ4v) is 7.95. The summed E-state index contributed by atoms with van der Waals surface area (Å²) in [7, 11) is 0. The van der Waals surface area contributed by atoms with Crippen molar-refractivity contribution in [1.82, 2.24) is 0 Å². The van der Waals surface area contributed by atoms with Crippen molar-refractivity contribution < 1.29 is 0 Å². The van der Waals surface area contributed by atoms with Crippen LogP contribution < -0.4 is 0 Å². The molecule has 0 aromatic carbocycles. The summed E-state index contributed by atoms with van der Waals surface area (Å²) in [6.45, 7) is 4.34. The van der Waals surface area contributed by atoms with Crippen molar-refractivity contribution in [3.05, 3.63) is 64.4 Å². The number of aryl methyl sites for hydroxylation is 1. The standard InChI is InChI=1S/C21H18S5/c1-4-14(22-3)16-9-10-19(25-16)21-13(2)12-20(26-21)18-8-7-17(24-18)15-6-5-11-23-15/h4-12H,1-3H3/b14-4-. The molecule has 0 aliphatic heterocycles. The summed E-state index contributed by atoms with van der Waals surface area (Å²) in [6.07, 6.45) is 4.34. The van der Waals surface area contributed by atoms with Gasteiger partial charge in [0.25, 0.3) is 0 Å². The first-order chi connectivity index (χ1) is 12.7. The van der Waals surface area contributed by atoms with Crippen LogP contribution in [0.4, 0.5) is 0 Å². The highest BCUT2D eigenvalue weighted by Crippen LogP contribution is 2.45. The van der Waals surface area contributed by atoms with E-state index in [1.807, 2.05) is 57.1 Å². The maximum Gasteiger partial charge on any atom is 0.0478 e. The van der Waals surface area contributed by atoms with Gasteiger partial charge in [-0.2, -0.15) is 0 Å². The summed E-state index contributed by atoms with van der Waals surface area (Å²) < 4.78 is 0. The van der Waals surface area contributed by atoms with Crippen molar-refractivity contribution in [3.8, 4) is 29.3 Å². The number of hydrogen-bond acceptors (Lipinski definition) is 5. The van der Waals surface area contributed by atoms with Crippen LogP contribution in [0.15, 0.2) is 53.9 Å². The lowest BCUT2D eigenvalue weighted by atomic mass is 10.2. The maximum absolute atomic E-state index is 2.34. The van der Waals surface area contributed by atoms with Gasteiger partial charge < -0.3 is 0 Å². The van der Waals surface area contributed by atoms with Crippen molar-refractivity contribution in [2.75, 3.05) is 6.26 Å². The molecule has 4 aromatic rings. The smallest absolute Gasteiger partial charge is 0.0478 e. The highest BCUT2D eigenvalue weighted by atomic mass is 32.2. The Morgan fingerprint density at radius 2 is 1.65 bits per heavy atom. The predicted molar refractivity (Wildman–Crippen MR) is 126 cm³/mol. The SMILES string of the molecule is C/C=C(\SC)c1ccc(-c2sc(-c3ccc(-c4cccs4)s3)cc2C)s1. The van der Waals surface area contributed by atoms with E-state index in [0.717, 1.165) is 0 Å². The third-order valence-corrected chi connectivity index (χ3v) is 9.99. The van der Waals surface area contributed by atoms with E-state index in [1.54, 1.807) is 0 Å². The zero-order valence-corrected chi connectivity index (χ0v) is 18.8. The molecule has 0 radical (unpaired) electrons. The summed E-state index contributed by atoms with van der Waals surface area (Å²) in [4.78, 5) is 10.9. The number of thioether (sulfide) groups is 1. The van der Waals surface area contributed by atoms with Crippen LogP contribution >= 0.6 is 57.1 Å². The minimum Gasteiger partial charge on any atom is -0.143 e. The van der Waals surface area contributed by atoms with Gasteiger partial charge in [-0.3, -0.25) is 0 Å². The van der Waals surface area contributed by atoms with Crippen LogP contribution in [0.1, 0.15) is 17.4 Å². The average molecular weight is 431 g/mol. The van der Waals surface area contributed by atoms with Crippen LogP contribution in [-0.4, -0.2) is 6.26 Å². The molecule has 0 aliphatic rings. The Labute approximate surface area is 174 Å². The van der Waals surface area contributed by atoms with Crippen molar-refractivity contribution in [2.45, 2.75) is 13.8 Å². The lowest BCUT2D eigenvalue weighted by Gasteiger charge is -1.98. The Morgan fingerprint density at radius 1 is 0.885 bits per heavy atom. The van der Waals surface area contributed by atoms with Crippen LogP contribution in [0.2, 0.25) is 0 Å². The summed E-state index contributed by atoms with van der Waals surface area (Å²) >= 11 is 9.32. The molecule has 0 N–H and O–H groups in total. The monoisotopic (exact) mass is 430 g/mol. The number of thiophene rings is 4. The molecule has 0 amide bonds. The maximum atomic E-state index is 2.34. The van der Waals surface area contributed by atoms with E-state index in [2.05, 4.69) is 74.0 Å². The number of allylic oxidation sites excluding steroid dienone is 1. The molecule has 0 atom stereocenters. The lowest BCUT2D eigenvalue weighted by Crippen LogP contribution is -1.69. The van der Waals surface area contributed by atoms with Gasteiger partial charge in [0, 0.05) is 39.0 Å². The van der Waals surface area contributed by atoms with Crippen LogP contribution in [0, 0.1) is 6.92 Å². The van der Waals surface area contributed by atoms with Gasteiger partial charge in [-0.05, 0) is 67.4 Å². The molecule has 5 heteroatoms. The first-order valence-electron chi connectivity index (χ1n) is 8.25. The third-order valence-electron chi connectivity index (χ3n) is 4.09. The fourth-order valence-electron chi connectivity index (χ4n) is 2.82. The van der Waals surface area contributed by atoms with Crippen molar-refractivity contribution in [1.29, 1.82) is 0 Å². The second-order valence-electron chi connectivity index (χ2n) is 5.78. The van der Waals surface area contributed by atoms with Gasteiger partial charge in [0.1, 0.15) is 0 Å². The Bertz CT molecular complexity index is 1040. The zero-order chi connectivity index (χ0) is 18.1. The first kappa shape index (κ1) is 18.3. The predicted octanol–water partition coefficient (Wildman–Crippen LogP) is 8.97. The molecule has 4 rings (SSSR count). The highest BCUT2D eigenvalue weighted by molar-refractivity contribution is 8.07. The molecule has 0 unspecified atom stereocenters. The van der Waals surface area contributed by atoms with Gasteiger partial charge in [0.15, 0.2) is 0 Å². The highest BCUT2D eigenvalue weighted by Gasteiger charge is 2.14. The zero-order valence-electron chi connectivity index (χ0n) is 14.7. The second kappa shape index (κ2) is 7.87. The van der Waals surface area contributed by atoms with Crippen molar-refractivity contribution >= 4 is 62.0 Å². The van der Waals surface area contributed by atoms with Gasteiger partial charge in [0.05, 0.1) is 0 Å². The van der Waals surface area contributed by atoms with E-state index in [9.17, 15) is 0 Å². The lowest BCUT2D eigenvalue weighted by molar-refractivity contribution is 1.56. The third kappa shape index (κ3) is 3.51. The van der Waals surface area contributed by atoms with Gasteiger partial charge in [-0.1, -0.05) is 12.1 Å². The van der Waals surface area contributed by atoms with Crippen LogP contribution in [0.25, 0.3) is 34.2 Å². The van der Waals surface area contributed by atoms with Crippen molar-refractivity contribution in [2.24, 2.45) is 0 Å². The van der Waals surface area contributed by atoms with E-state index in [0.29, 0.717) is 0 Å². The Morgan fingerprint density at radius 3 is 2.35 bits per heavy atom. The summed E-state index contributed by atoms with van der Waals surface area (Å²) in [5, 5.41) is 2.14. The summed E-state index contributed by atoms with van der Waals surface area (Å²) in [5.74, 6) is 0. The summed E-state index contributed by atoms with van der Waals surface area (Å²) in [5.41, 5.74) is 1.37. The van der Waals surface area contributed by atoms with Crippen LogP contribution in [-0.2, 0) is 0 Å². The molecule has 0 saturated heterocycles. The normalized spacial score (nSPS) is 12.0. The molecule has 0 spiro atoms. The van der Waals surface area contributed by atoms with Gasteiger partial charge in [0.2, 0.25) is 0 Å². The Hall–Kier alpha value is -1.11. The van der Waals surface area contributed by atoms with Crippen molar-refractivity contribution in [3.63, 3.8) is 0 Å². The summed E-state index contributed by atoms with van der Waals surface area (Å²) in [6, 6.07) is 15.7. The Balaban J connectivity index is 1.66. The van der Waals surface area contributed by atoms with Crippen LogP contribution in [0.5, 0.6) is 0 Å². The quantitative estimate of drug-likeness (QED) is 0.304. The number of rotatable bonds is 5. The molecule has 0 nitrogen and oxygen atoms in total. The molecular weight excluding hydrogens is 413 g/mol. The average Bonchev–Trinajstić information content (AvgIpc) is 3.42. The number of hydrogen-bond donors (Lipinski definition) is 0. The van der Waals surface area contributed by atoms with Gasteiger partial charge in [-0.15, -0.1) is 57.1 Å². The first-order valence-corrected chi connectivity index (χ1v) is 12.8. The van der Waals surface area contributed by atoms with E-state index in [4.69, 9.17) is 0 Å². The van der Waals surface area contributed by atoms with Crippen LogP contribution in [0.3, 0.4) is 0 Å². The molecule has 26 heavy (non-hydrogen) atoms. The minimum absolute atomic E-state index is 1.36. The minimum atomic E-state index is 1.36. The molecule has 0 fully saturated rings. The molecule has 132 valence electrons. The fraction of sp³-hybridized carbons (Fsp3) is 0.143. The van der Waals surface area contributed by atoms with E-state index < -0.39 is 0 Å². The second-order valence-corrected chi connectivity index (χ2v) is 10.8. The largest absolute Gasteiger partial charge is 0.143 e. The topological polar surface area (TPSA) is 0 Å². The van der Waals surface area contributed by atoms with E-state index in [1.165, 1.54) is 44.6 Å². The van der Waals surface area contributed by atoms with E-state index in [-0.39, 0.29) is 0 Å². The molecule has 4 aromatic heterocycles. The molecule has 4 heterocycles. The molecule has 0 saturated carbocycles. The van der Waals surface area contributed by atoms with Gasteiger partial charge >= 0.3 is 0 Å². The molecule has 0 aliphatic carbocycles.